The van der Waals surface area contributed by atoms with E-state index in [4.69, 9.17) is 9.15 Å². The molecular formula is C24H36N2O6. The minimum atomic E-state index is -0.665. The van der Waals surface area contributed by atoms with Crippen molar-refractivity contribution in [2.75, 3.05) is 13.2 Å². The zero-order valence-corrected chi connectivity index (χ0v) is 19.0. The first-order valence-electron chi connectivity index (χ1n) is 11.4. The summed E-state index contributed by atoms with van der Waals surface area (Å²) in [4.78, 5) is 24.9. The number of carbonyl (C=O) groups excluding carboxylic acids is 2. The third kappa shape index (κ3) is 4.86. The van der Waals surface area contributed by atoms with E-state index >= 15 is 0 Å². The third-order valence-electron chi connectivity index (χ3n) is 7.76. The zero-order chi connectivity index (χ0) is 23.4. The molecule has 2 aliphatic rings. The minimum absolute atomic E-state index is 0.00257. The highest BCUT2D eigenvalue weighted by atomic mass is 16.6. The van der Waals surface area contributed by atoms with Crippen molar-refractivity contribution in [3.63, 3.8) is 0 Å². The van der Waals surface area contributed by atoms with E-state index in [1.807, 2.05) is 6.92 Å². The molecule has 1 aromatic rings. The quantitative estimate of drug-likeness (QED) is 0.454. The summed E-state index contributed by atoms with van der Waals surface area (Å²) < 4.78 is 11.0. The molecule has 3 rings (SSSR count). The second-order valence-electron chi connectivity index (χ2n) is 9.64. The molecule has 0 radical (unpaired) electrons. The van der Waals surface area contributed by atoms with Crippen molar-refractivity contribution in [1.82, 2.24) is 10.6 Å². The Labute approximate surface area is 189 Å². The van der Waals surface area contributed by atoms with Crippen LogP contribution in [0.5, 0.6) is 0 Å². The van der Waals surface area contributed by atoms with Crippen LogP contribution in [0.3, 0.4) is 0 Å². The van der Waals surface area contributed by atoms with E-state index in [9.17, 15) is 19.8 Å². The molecule has 4 N–H and O–H groups in total. The fourth-order valence-electron chi connectivity index (χ4n) is 5.98. The Morgan fingerprint density at radius 2 is 2.09 bits per heavy atom. The average Bonchev–Trinajstić information content (AvgIpc) is 3.29. The summed E-state index contributed by atoms with van der Waals surface area (Å²) in [5.41, 5.74) is -1.03. The molecular weight excluding hydrogens is 412 g/mol. The molecule has 6 atom stereocenters. The van der Waals surface area contributed by atoms with Gasteiger partial charge in [0.15, 0.2) is 0 Å². The number of ether oxygens (including phenoxy) is 1. The van der Waals surface area contributed by atoms with E-state index < -0.39 is 23.7 Å². The van der Waals surface area contributed by atoms with Gasteiger partial charge >= 0.3 is 6.09 Å². The number of aliphatic hydroxyl groups excluding tert-OH is 2. The predicted octanol–water partition coefficient (Wildman–Crippen LogP) is 2.75. The molecule has 0 bridgehead atoms. The summed E-state index contributed by atoms with van der Waals surface area (Å²) in [7, 11) is 0. The zero-order valence-electron chi connectivity index (χ0n) is 19.0. The van der Waals surface area contributed by atoms with Gasteiger partial charge in [0, 0.05) is 18.4 Å². The van der Waals surface area contributed by atoms with E-state index in [0.717, 1.165) is 0 Å². The van der Waals surface area contributed by atoms with Crippen molar-refractivity contribution in [2.45, 2.75) is 64.7 Å². The van der Waals surface area contributed by atoms with Crippen molar-refractivity contribution in [1.29, 1.82) is 0 Å². The molecule has 0 aliphatic heterocycles. The van der Waals surface area contributed by atoms with Crippen LogP contribution in [0, 0.1) is 22.7 Å². The Morgan fingerprint density at radius 1 is 1.31 bits per heavy atom. The highest BCUT2D eigenvalue weighted by Crippen LogP contribution is 2.61. The van der Waals surface area contributed by atoms with Gasteiger partial charge in [-0.05, 0) is 55.1 Å². The Balaban J connectivity index is 1.73. The van der Waals surface area contributed by atoms with Crippen LogP contribution in [-0.4, -0.2) is 47.6 Å². The summed E-state index contributed by atoms with van der Waals surface area (Å²) in [5, 5.41) is 26.8. The second kappa shape index (κ2) is 10.1. The van der Waals surface area contributed by atoms with Crippen molar-refractivity contribution in [2.24, 2.45) is 22.7 Å². The Kier molecular flexibility index (Phi) is 7.67. The first-order chi connectivity index (χ1) is 15.2. The summed E-state index contributed by atoms with van der Waals surface area (Å²) in [5.74, 6) is 0.281. The number of fused-ring (bicyclic) bond motifs is 1. The number of rotatable bonds is 8. The maximum absolute atomic E-state index is 12.7. The summed E-state index contributed by atoms with van der Waals surface area (Å²) >= 11 is 0. The lowest BCUT2D eigenvalue weighted by molar-refractivity contribution is -0.185. The van der Waals surface area contributed by atoms with Crippen molar-refractivity contribution >= 4 is 12.0 Å². The number of amides is 2. The van der Waals surface area contributed by atoms with Crippen LogP contribution in [-0.2, 0) is 16.1 Å². The number of hydrogen-bond donors (Lipinski definition) is 4. The molecule has 2 amide bonds. The number of nitrogens with one attached hydrogen (secondary N) is 2. The molecule has 2 saturated carbocycles. The van der Waals surface area contributed by atoms with E-state index in [-0.39, 0.29) is 36.2 Å². The van der Waals surface area contributed by atoms with E-state index in [0.29, 0.717) is 44.5 Å². The smallest absolute Gasteiger partial charge is 0.407 e. The van der Waals surface area contributed by atoms with Gasteiger partial charge in [-0.1, -0.05) is 19.9 Å². The van der Waals surface area contributed by atoms with Gasteiger partial charge in [-0.3, -0.25) is 4.79 Å². The van der Waals surface area contributed by atoms with Crippen LogP contribution in [0.25, 0.3) is 0 Å². The maximum Gasteiger partial charge on any atom is 0.407 e. The fourth-order valence-corrected chi connectivity index (χ4v) is 5.98. The van der Waals surface area contributed by atoms with Crippen molar-refractivity contribution in [3.05, 3.63) is 36.8 Å². The first-order valence-corrected chi connectivity index (χ1v) is 11.4. The summed E-state index contributed by atoms with van der Waals surface area (Å²) in [6.45, 7) is 8.11. The number of aliphatic hydroxyl groups is 2. The van der Waals surface area contributed by atoms with Crippen LogP contribution in [0.4, 0.5) is 4.79 Å². The molecule has 6 unspecified atom stereocenters. The molecule has 2 aliphatic carbocycles. The Hall–Kier alpha value is -2.32. The summed E-state index contributed by atoms with van der Waals surface area (Å²) in [6.07, 6.45) is 4.27. The van der Waals surface area contributed by atoms with Gasteiger partial charge in [0.25, 0.3) is 0 Å². The molecule has 8 heteroatoms. The highest BCUT2D eigenvalue weighted by Gasteiger charge is 2.60. The minimum Gasteiger partial charge on any atom is -0.467 e. The SMILES string of the molecule is C=CCNC(=O)OC1CCC2(C)C(CC(=O)NCc3ccco3)C(O)CCC2C1(C)CO. The van der Waals surface area contributed by atoms with Gasteiger partial charge in [-0.15, -0.1) is 6.58 Å². The number of furan rings is 1. The van der Waals surface area contributed by atoms with Crippen molar-refractivity contribution in [3.8, 4) is 0 Å². The molecule has 0 aromatic carbocycles. The molecule has 32 heavy (non-hydrogen) atoms. The number of carbonyl (C=O) groups is 2. The molecule has 8 nitrogen and oxygen atoms in total. The van der Waals surface area contributed by atoms with E-state index in [1.165, 1.54) is 0 Å². The van der Waals surface area contributed by atoms with Gasteiger partial charge < -0.3 is 30.0 Å². The monoisotopic (exact) mass is 448 g/mol. The summed E-state index contributed by atoms with van der Waals surface area (Å²) in [6, 6.07) is 3.57. The van der Waals surface area contributed by atoms with Crippen LogP contribution in [0.2, 0.25) is 0 Å². The Morgan fingerprint density at radius 3 is 2.75 bits per heavy atom. The first kappa shape index (κ1) is 24.3. The molecule has 178 valence electrons. The highest BCUT2D eigenvalue weighted by molar-refractivity contribution is 5.76. The van der Waals surface area contributed by atoms with Gasteiger partial charge in [0.2, 0.25) is 5.91 Å². The van der Waals surface area contributed by atoms with Gasteiger partial charge in [-0.2, -0.15) is 0 Å². The molecule has 0 spiro atoms. The maximum atomic E-state index is 12.7. The third-order valence-corrected chi connectivity index (χ3v) is 7.76. The molecule has 1 heterocycles. The van der Waals surface area contributed by atoms with E-state index in [1.54, 1.807) is 24.5 Å². The topological polar surface area (TPSA) is 121 Å². The van der Waals surface area contributed by atoms with Gasteiger partial charge in [-0.25, -0.2) is 4.79 Å². The van der Waals surface area contributed by atoms with Gasteiger partial charge in [0.05, 0.1) is 25.5 Å². The second-order valence-corrected chi connectivity index (χ2v) is 9.64. The standard InChI is InChI=1S/C24H36N2O6/c1-4-11-25-22(30)32-20-9-10-23(2)17(13-21(29)26-14-16-6-5-12-31-16)18(28)7-8-19(23)24(20,3)15-27/h4-6,12,17-20,27-28H,1,7-11,13-15H2,2-3H3,(H,25,30)(H,26,29). The van der Waals surface area contributed by atoms with Crippen molar-refractivity contribution < 1.29 is 29.0 Å². The van der Waals surface area contributed by atoms with Crippen LogP contribution < -0.4 is 10.6 Å². The normalized spacial score (nSPS) is 34.2. The lowest BCUT2D eigenvalue weighted by atomic mass is 9.46. The lowest BCUT2D eigenvalue weighted by Crippen LogP contribution is -2.61. The number of alkyl carbamates (subject to hydrolysis) is 1. The largest absolute Gasteiger partial charge is 0.467 e. The molecule has 0 saturated heterocycles. The lowest BCUT2D eigenvalue weighted by Gasteiger charge is -2.60. The average molecular weight is 449 g/mol. The number of hydrogen-bond acceptors (Lipinski definition) is 6. The van der Waals surface area contributed by atoms with Crippen LogP contribution in [0.1, 0.15) is 51.7 Å². The molecule has 2 fully saturated rings. The van der Waals surface area contributed by atoms with Crippen LogP contribution >= 0.6 is 0 Å². The van der Waals surface area contributed by atoms with E-state index in [2.05, 4.69) is 24.1 Å². The fraction of sp³-hybridized carbons (Fsp3) is 0.667. The van der Waals surface area contributed by atoms with Crippen LogP contribution in [0.15, 0.2) is 35.5 Å². The Bertz CT molecular complexity index is 796. The predicted molar refractivity (Wildman–Crippen MR) is 118 cm³/mol. The van der Waals surface area contributed by atoms with Gasteiger partial charge in [0.1, 0.15) is 11.9 Å². The molecule has 1 aromatic heterocycles.